The monoisotopic (exact) mass is 285 g/mol. The summed E-state index contributed by atoms with van der Waals surface area (Å²) in [7, 11) is 0. The van der Waals surface area contributed by atoms with Crippen molar-refractivity contribution < 1.29 is 13.2 Å². The summed E-state index contributed by atoms with van der Waals surface area (Å²) in [4.78, 5) is 0. The number of hydrogen-bond donors (Lipinski definition) is 1. The van der Waals surface area contributed by atoms with E-state index in [1.165, 1.54) is 0 Å². The first kappa shape index (κ1) is 13.7. The third-order valence-electron chi connectivity index (χ3n) is 2.75. The van der Waals surface area contributed by atoms with E-state index in [0.29, 0.717) is 11.1 Å². The van der Waals surface area contributed by atoms with Gasteiger partial charge >= 0.3 is 0 Å². The van der Waals surface area contributed by atoms with E-state index in [9.17, 15) is 13.2 Å². The van der Waals surface area contributed by atoms with Crippen molar-refractivity contribution in [3.63, 3.8) is 0 Å². The molecule has 0 heterocycles. The SMILES string of the molecule is CC(Nc1cc(F)c(F)cc1F)c1ccc(Cl)cc1. The normalized spacial score (nSPS) is 12.3. The van der Waals surface area contributed by atoms with Crippen LogP contribution in [0, 0.1) is 17.5 Å². The minimum Gasteiger partial charge on any atom is -0.376 e. The lowest BCUT2D eigenvalue weighted by atomic mass is 10.1. The topological polar surface area (TPSA) is 12.0 Å². The lowest BCUT2D eigenvalue weighted by Gasteiger charge is -2.16. The molecule has 0 saturated carbocycles. The zero-order valence-electron chi connectivity index (χ0n) is 10.1. The lowest BCUT2D eigenvalue weighted by Crippen LogP contribution is -2.08. The van der Waals surface area contributed by atoms with Gasteiger partial charge in [0.25, 0.3) is 0 Å². The summed E-state index contributed by atoms with van der Waals surface area (Å²) in [5.74, 6) is -3.13. The van der Waals surface area contributed by atoms with E-state index in [1.54, 1.807) is 31.2 Å². The van der Waals surface area contributed by atoms with E-state index in [0.717, 1.165) is 11.6 Å². The molecule has 0 saturated heterocycles. The smallest absolute Gasteiger partial charge is 0.161 e. The highest BCUT2D eigenvalue weighted by Gasteiger charge is 2.12. The molecule has 0 amide bonds. The van der Waals surface area contributed by atoms with Crippen LogP contribution in [0.5, 0.6) is 0 Å². The second kappa shape index (κ2) is 5.53. The minimum absolute atomic E-state index is 0.0821. The van der Waals surface area contributed by atoms with Gasteiger partial charge in [0.2, 0.25) is 0 Å². The van der Waals surface area contributed by atoms with Crippen molar-refractivity contribution in [2.75, 3.05) is 5.32 Å². The average Bonchev–Trinajstić information content (AvgIpc) is 2.36. The summed E-state index contributed by atoms with van der Waals surface area (Å²) in [5.41, 5.74) is 0.773. The fourth-order valence-electron chi connectivity index (χ4n) is 1.70. The molecule has 1 N–H and O–H groups in total. The molecule has 5 heteroatoms. The number of rotatable bonds is 3. The van der Waals surface area contributed by atoms with E-state index < -0.39 is 17.5 Å². The van der Waals surface area contributed by atoms with Gasteiger partial charge in [0, 0.05) is 23.2 Å². The summed E-state index contributed by atoms with van der Waals surface area (Å²) in [6, 6.07) is 8.02. The van der Waals surface area contributed by atoms with E-state index >= 15 is 0 Å². The van der Waals surface area contributed by atoms with Crippen LogP contribution in [0.1, 0.15) is 18.5 Å². The molecule has 2 aromatic rings. The van der Waals surface area contributed by atoms with Crippen LogP contribution in [0.15, 0.2) is 36.4 Å². The summed E-state index contributed by atoms with van der Waals surface area (Å²) in [6.07, 6.45) is 0. The zero-order valence-corrected chi connectivity index (χ0v) is 10.8. The van der Waals surface area contributed by atoms with E-state index in [-0.39, 0.29) is 11.7 Å². The fourth-order valence-corrected chi connectivity index (χ4v) is 1.83. The molecule has 1 nitrogen and oxygen atoms in total. The second-order valence-electron chi connectivity index (χ2n) is 4.16. The van der Waals surface area contributed by atoms with Gasteiger partial charge in [-0.15, -0.1) is 0 Å². The van der Waals surface area contributed by atoms with Crippen molar-refractivity contribution in [1.29, 1.82) is 0 Å². The molecule has 0 bridgehead atoms. The van der Waals surface area contributed by atoms with Crippen LogP contribution in [0.2, 0.25) is 5.02 Å². The molecule has 0 fully saturated rings. The molecule has 0 aliphatic rings. The van der Waals surface area contributed by atoms with Crippen LogP contribution in [-0.4, -0.2) is 0 Å². The molecular weight excluding hydrogens is 275 g/mol. The van der Waals surface area contributed by atoms with Crippen molar-refractivity contribution >= 4 is 17.3 Å². The van der Waals surface area contributed by atoms with Gasteiger partial charge in [-0.25, -0.2) is 13.2 Å². The molecule has 19 heavy (non-hydrogen) atoms. The molecule has 100 valence electrons. The lowest BCUT2D eigenvalue weighted by molar-refractivity contribution is 0.495. The van der Waals surface area contributed by atoms with Crippen LogP contribution >= 0.6 is 11.6 Å². The maximum atomic E-state index is 13.5. The number of anilines is 1. The highest BCUT2D eigenvalue weighted by molar-refractivity contribution is 6.30. The van der Waals surface area contributed by atoms with Gasteiger partial charge in [-0.05, 0) is 24.6 Å². The Kier molecular flexibility index (Phi) is 4.00. The Morgan fingerprint density at radius 1 is 0.947 bits per heavy atom. The Bertz CT molecular complexity index is 584. The first-order valence-electron chi connectivity index (χ1n) is 5.64. The van der Waals surface area contributed by atoms with E-state index in [2.05, 4.69) is 5.32 Å². The largest absolute Gasteiger partial charge is 0.376 e. The molecule has 2 aromatic carbocycles. The number of nitrogens with one attached hydrogen (secondary N) is 1. The summed E-state index contributed by atoms with van der Waals surface area (Å²) in [6.45, 7) is 1.78. The van der Waals surface area contributed by atoms with Gasteiger partial charge in [0.05, 0.1) is 5.69 Å². The zero-order chi connectivity index (χ0) is 14.0. The quantitative estimate of drug-likeness (QED) is 0.789. The van der Waals surface area contributed by atoms with Crippen LogP contribution in [-0.2, 0) is 0 Å². The number of halogens is 4. The van der Waals surface area contributed by atoms with Crippen LogP contribution < -0.4 is 5.32 Å². The number of hydrogen-bond acceptors (Lipinski definition) is 1. The molecule has 0 radical (unpaired) electrons. The van der Waals surface area contributed by atoms with Gasteiger partial charge in [0.1, 0.15) is 5.82 Å². The second-order valence-corrected chi connectivity index (χ2v) is 4.60. The van der Waals surface area contributed by atoms with Crippen molar-refractivity contribution in [3.05, 3.63) is 64.4 Å². The van der Waals surface area contributed by atoms with Crippen molar-refractivity contribution in [3.8, 4) is 0 Å². The Hall–Kier alpha value is -1.68. The molecule has 2 rings (SSSR count). The first-order valence-corrected chi connectivity index (χ1v) is 6.01. The predicted octanol–water partition coefficient (Wildman–Crippen LogP) is 4.93. The Labute approximate surface area is 114 Å². The van der Waals surface area contributed by atoms with Gasteiger partial charge in [-0.2, -0.15) is 0 Å². The molecule has 1 atom stereocenters. The summed E-state index contributed by atoms with van der Waals surface area (Å²) in [5, 5.41) is 3.38. The molecular formula is C14H11ClF3N. The van der Waals surface area contributed by atoms with Crippen molar-refractivity contribution in [2.45, 2.75) is 13.0 Å². The molecule has 0 spiro atoms. The van der Waals surface area contributed by atoms with Crippen LogP contribution in [0.4, 0.5) is 18.9 Å². The molecule has 1 unspecified atom stereocenters. The van der Waals surface area contributed by atoms with E-state index in [4.69, 9.17) is 11.6 Å². The maximum absolute atomic E-state index is 13.5. The van der Waals surface area contributed by atoms with Crippen molar-refractivity contribution in [1.82, 2.24) is 0 Å². The third-order valence-corrected chi connectivity index (χ3v) is 3.00. The fraction of sp³-hybridized carbons (Fsp3) is 0.143. The van der Waals surface area contributed by atoms with Gasteiger partial charge in [0.15, 0.2) is 11.6 Å². The highest BCUT2D eigenvalue weighted by atomic mass is 35.5. The van der Waals surface area contributed by atoms with Gasteiger partial charge in [-0.1, -0.05) is 23.7 Å². The Morgan fingerprint density at radius 3 is 2.16 bits per heavy atom. The Balaban J connectivity index is 2.21. The standard InChI is InChI=1S/C14H11ClF3N/c1-8(9-2-4-10(15)5-3-9)19-14-7-12(17)11(16)6-13(14)18/h2-8,19H,1H3. The molecule has 0 aromatic heterocycles. The minimum atomic E-state index is -1.21. The number of benzene rings is 2. The maximum Gasteiger partial charge on any atom is 0.161 e. The molecule has 0 aliphatic heterocycles. The van der Waals surface area contributed by atoms with Crippen LogP contribution in [0.3, 0.4) is 0 Å². The van der Waals surface area contributed by atoms with Crippen molar-refractivity contribution in [2.24, 2.45) is 0 Å². The van der Waals surface area contributed by atoms with Crippen LogP contribution in [0.25, 0.3) is 0 Å². The summed E-state index contributed by atoms with van der Waals surface area (Å²) < 4.78 is 39.4. The van der Waals surface area contributed by atoms with Gasteiger partial charge in [-0.3, -0.25) is 0 Å². The predicted molar refractivity (Wildman–Crippen MR) is 69.8 cm³/mol. The Morgan fingerprint density at radius 2 is 1.53 bits per heavy atom. The molecule has 0 aliphatic carbocycles. The van der Waals surface area contributed by atoms with E-state index in [1.807, 2.05) is 0 Å². The highest BCUT2D eigenvalue weighted by Crippen LogP contribution is 2.24. The van der Waals surface area contributed by atoms with Gasteiger partial charge < -0.3 is 5.32 Å². The average molecular weight is 286 g/mol. The summed E-state index contributed by atoms with van der Waals surface area (Å²) >= 11 is 5.77. The first-order chi connectivity index (χ1) is 8.97. The third kappa shape index (κ3) is 3.20.